The fraction of sp³-hybridized carbons (Fsp3) is 0.727. The normalized spacial score (nSPS) is 12.3. The second-order valence-electron chi connectivity index (χ2n) is 8.62. The highest BCUT2D eigenvalue weighted by molar-refractivity contribution is 5.81. The van der Waals surface area contributed by atoms with Gasteiger partial charge in [0.25, 0.3) is 0 Å². The van der Waals surface area contributed by atoms with Crippen molar-refractivity contribution >= 4 is 17.8 Å². The van der Waals surface area contributed by atoms with Crippen LogP contribution in [0.3, 0.4) is 0 Å². The standard InChI is InChI=1S/C14H22F3N3.C8H15NO3/c1-4-7-20(8-6-11(3)5-2)13-18-9-12(10-19-13)14(15,16)17;1-6(10)5-9-7(11)12-8(2,3)4/h9-11H,4-8H2,1-3H3;5H2,1-4H3,(H,9,11). The van der Waals surface area contributed by atoms with Crippen molar-refractivity contribution in [2.75, 3.05) is 24.5 Å². The summed E-state index contributed by atoms with van der Waals surface area (Å²) in [6, 6.07) is 0. The molecule has 32 heavy (non-hydrogen) atoms. The molecule has 1 N–H and O–H groups in total. The van der Waals surface area contributed by atoms with E-state index in [-0.39, 0.29) is 12.3 Å². The second-order valence-corrected chi connectivity index (χ2v) is 8.62. The van der Waals surface area contributed by atoms with Gasteiger partial charge >= 0.3 is 12.3 Å². The third-order valence-electron chi connectivity index (χ3n) is 4.21. The average molecular weight is 463 g/mol. The van der Waals surface area contributed by atoms with Gasteiger partial charge in [-0.05, 0) is 46.5 Å². The molecule has 10 heteroatoms. The summed E-state index contributed by atoms with van der Waals surface area (Å²) in [4.78, 5) is 31.0. The summed E-state index contributed by atoms with van der Waals surface area (Å²) in [7, 11) is 0. The fourth-order valence-electron chi connectivity index (χ4n) is 2.30. The first kappa shape index (κ1) is 29.6. The molecule has 0 aromatic carbocycles. The quantitative estimate of drug-likeness (QED) is 0.540. The first-order chi connectivity index (χ1) is 14.7. The average Bonchev–Trinajstić information content (AvgIpc) is 2.68. The number of anilines is 1. The first-order valence-electron chi connectivity index (χ1n) is 10.8. The molecule has 1 rings (SSSR count). The molecule has 184 valence electrons. The van der Waals surface area contributed by atoms with Gasteiger partial charge in [0, 0.05) is 25.5 Å². The van der Waals surface area contributed by atoms with Crippen molar-refractivity contribution in [2.24, 2.45) is 5.92 Å². The molecule has 1 unspecified atom stereocenters. The van der Waals surface area contributed by atoms with Gasteiger partial charge < -0.3 is 15.0 Å². The van der Waals surface area contributed by atoms with Crippen molar-refractivity contribution in [3.8, 4) is 0 Å². The van der Waals surface area contributed by atoms with E-state index in [1.807, 2.05) is 11.8 Å². The van der Waals surface area contributed by atoms with E-state index in [2.05, 4.69) is 29.1 Å². The molecule has 0 spiro atoms. The highest BCUT2D eigenvalue weighted by atomic mass is 19.4. The van der Waals surface area contributed by atoms with Crippen LogP contribution >= 0.6 is 0 Å². The van der Waals surface area contributed by atoms with E-state index >= 15 is 0 Å². The lowest BCUT2D eigenvalue weighted by Crippen LogP contribution is -2.34. The zero-order valence-corrected chi connectivity index (χ0v) is 20.2. The summed E-state index contributed by atoms with van der Waals surface area (Å²) >= 11 is 0. The second kappa shape index (κ2) is 13.9. The molecule has 1 amide bonds. The van der Waals surface area contributed by atoms with Gasteiger partial charge in [-0.3, -0.25) is 4.79 Å². The highest BCUT2D eigenvalue weighted by Gasteiger charge is 2.31. The van der Waals surface area contributed by atoms with E-state index in [9.17, 15) is 22.8 Å². The molecule has 7 nitrogen and oxygen atoms in total. The van der Waals surface area contributed by atoms with E-state index in [0.717, 1.165) is 44.7 Å². The predicted molar refractivity (Wildman–Crippen MR) is 119 cm³/mol. The number of carbonyl (C=O) groups excluding carboxylic acids is 2. The molecule has 1 heterocycles. The number of amides is 1. The summed E-state index contributed by atoms with van der Waals surface area (Å²) in [5.41, 5.74) is -1.32. The molecule has 0 aliphatic heterocycles. The molecule has 1 atom stereocenters. The molecule has 0 fully saturated rings. The number of ether oxygens (including phenoxy) is 1. The number of carbonyl (C=O) groups is 2. The predicted octanol–water partition coefficient (Wildman–Crippen LogP) is 5.25. The number of aromatic nitrogens is 2. The van der Waals surface area contributed by atoms with Crippen LogP contribution in [0.25, 0.3) is 0 Å². The van der Waals surface area contributed by atoms with E-state index < -0.39 is 23.4 Å². The van der Waals surface area contributed by atoms with Crippen LogP contribution in [-0.2, 0) is 15.7 Å². The maximum Gasteiger partial charge on any atom is 0.419 e. The number of ketones is 1. The maximum atomic E-state index is 12.5. The summed E-state index contributed by atoms with van der Waals surface area (Å²) in [5.74, 6) is 0.868. The first-order valence-corrected chi connectivity index (χ1v) is 10.8. The van der Waals surface area contributed by atoms with Gasteiger partial charge in [-0.1, -0.05) is 27.2 Å². The van der Waals surface area contributed by atoms with E-state index in [1.54, 1.807) is 20.8 Å². The number of rotatable bonds is 9. The number of alkyl carbamates (subject to hydrolysis) is 1. The van der Waals surface area contributed by atoms with E-state index in [1.165, 1.54) is 6.92 Å². The lowest BCUT2D eigenvalue weighted by molar-refractivity contribution is -0.138. The summed E-state index contributed by atoms with van der Waals surface area (Å²) in [5, 5.41) is 2.33. The lowest BCUT2D eigenvalue weighted by atomic mass is 10.1. The largest absolute Gasteiger partial charge is 0.444 e. The molecule has 1 aromatic rings. The topological polar surface area (TPSA) is 84.4 Å². The Balaban J connectivity index is 0.000000687. The van der Waals surface area contributed by atoms with E-state index in [0.29, 0.717) is 11.9 Å². The van der Waals surface area contributed by atoms with Crippen molar-refractivity contribution in [1.82, 2.24) is 15.3 Å². The minimum absolute atomic E-state index is 0.0227. The zero-order chi connectivity index (χ0) is 24.9. The Morgan fingerprint density at radius 3 is 2.09 bits per heavy atom. The Labute approximate surface area is 189 Å². The fourth-order valence-corrected chi connectivity index (χ4v) is 2.30. The van der Waals surface area contributed by atoms with Gasteiger partial charge in [-0.2, -0.15) is 13.2 Å². The molecule has 0 aliphatic rings. The Morgan fingerprint density at radius 1 is 1.12 bits per heavy atom. The van der Waals surface area contributed by atoms with Crippen LogP contribution in [0.15, 0.2) is 12.4 Å². The monoisotopic (exact) mass is 462 g/mol. The van der Waals surface area contributed by atoms with Gasteiger partial charge in [0.1, 0.15) is 11.4 Å². The van der Waals surface area contributed by atoms with Crippen LogP contribution in [-0.4, -0.2) is 47.1 Å². The molecule has 0 bridgehead atoms. The molecule has 0 aliphatic carbocycles. The molecule has 1 aromatic heterocycles. The van der Waals surface area contributed by atoms with Crippen LogP contribution in [0.2, 0.25) is 0 Å². The van der Waals surface area contributed by atoms with Gasteiger partial charge in [0.2, 0.25) is 5.95 Å². The van der Waals surface area contributed by atoms with Gasteiger partial charge in [0.15, 0.2) is 0 Å². The number of halogens is 3. The van der Waals surface area contributed by atoms with Crippen LogP contribution in [0.1, 0.15) is 73.3 Å². The zero-order valence-electron chi connectivity index (χ0n) is 20.2. The van der Waals surface area contributed by atoms with Crippen molar-refractivity contribution in [2.45, 2.75) is 79.5 Å². The number of Topliss-reactive ketones (excluding diaryl/α,β-unsaturated/α-hetero) is 1. The van der Waals surface area contributed by atoms with Crippen molar-refractivity contribution < 1.29 is 27.5 Å². The number of nitrogens with zero attached hydrogens (tertiary/aromatic N) is 3. The van der Waals surface area contributed by atoms with Crippen molar-refractivity contribution in [3.63, 3.8) is 0 Å². The summed E-state index contributed by atoms with van der Waals surface area (Å²) in [6.07, 6.45) is -0.245. The molecule has 0 saturated carbocycles. The Kier molecular flexibility index (Phi) is 12.9. The summed E-state index contributed by atoms with van der Waals surface area (Å²) in [6.45, 7) is 14.6. The smallest absolute Gasteiger partial charge is 0.419 e. The Morgan fingerprint density at radius 2 is 1.69 bits per heavy atom. The highest BCUT2D eigenvalue weighted by Crippen LogP contribution is 2.28. The minimum atomic E-state index is -4.38. The molecule has 0 radical (unpaired) electrons. The van der Waals surface area contributed by atoms with Crippen LogP contribution in [0.5, 0.6) is 0 Å². The number of hydrogen-bond acceptors (Lipinski definition) is 6. The lowest BCUT2D eigenvalue weighted by Gasteiger charge is -2.23. The van der Waals surface area contributed by atoms with Gasteiger partial charge in [-0.15, -0.1) is 0 Å². The maximum absolute atomic E-state index is 12.5. The van der Waals surface area contributed by atoms with Crippen LogP contribution in [0, 0.1) is 5.92 Å². The van der Waals surface area contributed by atoms with Gasteiger partial charge in [-0.25, -0.2) is 14.8 Å². The SMILES string of the molecule is CC(=O)CNC(=O)OC(C)(C)C.CCCN(CCC(C)CC)c1ncc(C(F)(F)F)cn1. The Bertz CT molecular complexity index is 689. The van der Waals surface area contributed by atoms with E-state index in [4.69, 9.17) is 4.74 Å². The number of alkyl halides is 3. The molecule has 0 saturated heterocycles. The Hall–Kier alpha value is -2.39. The van der Waals surface area contributed by atoms with Crippen molar-refractivity contribution in [3.05, 3.63) is 18.0 Å². The van der Waals surface area contributed by atoms with Crippen LogP contribution < -0.4 is 10.2 Å². The van der Waals surface area contributed by atoms with Crippen LogP contribution in [0.4, 0.5) is 23.9 Å². The third-order valence-corrected chi connectivity index (χ3v) is 4.21. The van der Waals surface area contributed by atoms with Gasteiger partial charge in [0.05, 0.1) is 12.1 Å². The molecular formula is C22H37F3N4O3. The minimum Gasteiger partial charge on any atom is -0.444 e. The number of hydrogen-bond donors (Lipinski definition) is 1. The summed E-state index contributed by atoms with van der Waals surface area (Å²) < 4.78 is 42.3. The number of nitrogens with one attached hydrogen (secondary N) is 1. The third kappa shape index (κ3) is 13.8. The van der Waals surface area contributed by atoms with Crippen molar-refractivity contribution in [1.29, 1.82) is 0 Å². The molecular weight excluding hydrogens is 425 g/mol.